The summed E-state index contributed by atoms with van der Waals surface area (Å²) in [5.74, 6) is 0.858. The van der Waals surface area contributed by atoms with Crippen LogP contribution in [0.1, 0.15) is 25.3 Å². The molecule has 1 aromatic heterocycles. The molecule has 0 aliphatic carbocycles. The van der Waals surface area contributed by atoms with E-state index < -0.39 is 11.0 Å². The number of nitrogens with zero attached hydrogens (tertiary/aromatic N) is 3. The number of nitro groups is 1. The van der Waals surface area contributed by atoms with E-state index >= 15 is 0 Å². The number of piperidine rings is 1. The molecule has 2 amide bonds. The molecular weight excluding hydrogens is 442 g/mol. The number of pyridine rings is 1. The Morgan fingerprint density at radius 3 is 2.53 bits per heavy atom. The molecule has 3 rings (SSSR count). The first-order valence-corrected chi connectivity index (χ1v) is 10.9. The second-order valence-electron chi connectivity index (χ2n) is 8.02. The Morgan fingerprint density at radius 2 is 1.91 bits per heavy atom. The standard InChI is InChI=1S/C23H29N5O6/c1-15(29)25-18(13-16-6-7-20(33-2)21(14-16)34-3)23(30)26-17-8-11-27(12-9-17)22-19(28(31)32)5-4-10-24-22/h4-7,10,14,17-18H,8-9,11-13H2,1-3H3,(H,25,29)(H,26,30)/t18-/m0/s1. The van der Waals surface area contributed by atoms with Crippen molar-refractivity contribution in [1.29, 1.82) is 0 Å². The van der Waals surface area contributed by atoms with Crippen molar-refractivity contribution in [3.63, 3.8) is 0 Å². The number of hydrogen-bond acceptors (Lipinski definition) is 8. The molecule has 1 atom stereocenters. The van der Waals surface area contributed by atoms with Crippen molar-refractivity contribution in [1.82, 2.24) is 15.6 Å². The molecule has 0 unspecified atom stereocenters. The maximum Gasteiger partial charge on any atom is 0.311 e. The highest BCUT2D eigenvalue weighted by Gasteiger charge is 2.28. The van der Waals surface area contributed by atoms with Gasteiger partial charge in [-0.15, -0.1) is 0 Å². The zero-order chi connectivity index (χ0) is 24.7. The van der Waals surface area contributed by atoms with Crippen molar-refractivity contribution in [3.05, 3.63) is 52.2 Å². The summed E-state index contributed by atoms with van der Waals surface area (Å²) in [6.45, 7) is 2.40. The van der Waals surface area contributed by atoms with Gasteiger partial charge in [-0.25, -0.2) is 4.98 Å². The lowest BCUT2D eigenvalue weighted by molar-refractivity contribution is -0.384. The minimum Gasteiger partial charge on any atom is -0.493 e. The normalized spacial score (nSPS) is 14.7. The van der Waals surface area contributed by atoms with Crippen LogP contribution in [0.3, 0.4) is 0 Å². The summed E-state index contributed by atoms with van der Waals surface area (Å²) in [6.07, 6.45) is 3.01. The number of nitrogens with one attached hydrogen (secondary N) is 2. The second kappa shape index (κ2) is 11.3. The van der Waals surface area contributed by atoms with E-state index in [0.29, 0.717) is 43.2 Å². The minimum absolute atomic E-state index is 0.0365. The molecule has 11 nitrogen and oxygen atoms in total. The zero-order valence-electron chi connectivity index (χ0n) is 19.4. The summed E-state index contributed by atoms with van der Waals surface area (Å²) >= 11 is 0. The van der Waals surface area contributed by atoms with Crippen LogP contribution in [0, 0.1) is 10.1 Å². The van der Waals surface area contributed by atoms with Crippen LogP contribution < -0.4 is 25.0 Å². The third kappa shape index (κ3) is 6.12. The molecule has 1 aliphatic heterocycles. The van der Waals surface area contributed by atoms with Crippen LogP contribution in [0.5, 0.6) is 11.5 Å². The lowest BCUT2D eigenvalue weighted by atomic mass is 10.0. The summed E-state index contributed by atoms with van der Waals surface area (Å²) in [7, 11) is 3.08. The Hall–Kier alpha value is -3.89. The number of ether oxygens (including phenoxy) is 2. The van der Waals surface area contributed by atoms with Gasteiger partial charge in [-0.05, 0) is 36.6 Å². The minimum atomic E-state index is -0.759. The molecular formula is C23H29N5O6. The maximum atomic E-state index is 13.0. The van der Waals surface area contributed by atoms with Crippen LogP contribution >= 0.6 is 0 Å². The molecule has 182 valence electrons. The highest BCUT2D eigenvalue weighted by molar-refractivity contribution is 5.87. The van der Waals surface area contributed by atoms with Crippen molar-refractivity contribution < 1.29 is 24.0 Å². The van der Waals surface area contributed by atoms with Gasteiger partial charge in [0.15, 0.2) is 11.5 Å². The largest absolute Gasteiger partial charge is 0.493 e. The van der Waals surface area contributed by atoms with Gasteiger partial charge in [0.1, 0.15) is 6.04 Å². The van der Waals surface area contributed by atoms with Gasteiger partial charge in [-0.2, -0.15) is 0 Å². The highest BCUT2D eigenvalue weighted by atomic mass is 16.6. The Bertz CT molecular complexity index is 1040. The lowest BCUT2D eigenvalue weighted by Gasteiger charge is -2.33. The number of hydrogen-bond donors (Lipinski definition) is 2. The average Bonchev–Trinajstić information content (AvgIpc) is 2.83. The van der Waals surface area contributed by atoms with Crippen molar-refractivity contribution in [2.45, 2.75) is 38.3 Å². The summed E-state index contributed by atoms with van der Waals surface area (Å²) < 4.78 is 10.6. The predicted molar refractivity (Wildman–Crippen MR) is 125 cm³/mol. The van der Waals surface area contributed by atoms with Gasteiger partial charge < -0.3 is 25.0 Å². The van der Waals surface area contributed by atoms with Gasteiger partial charge in [-0.3, -0.25) is 19.7 Å². The topological polar surface area (TPSA) is 136 Å². The number of methoxy groups -OCH3 is 2. The third-order valence-electron chi connectivity index (χ3n) is 5.69. The monoisotopic (exact) mass is 471 g/mol. The fourth-order valence-corrected chi connectivity index (χ4v) is 4.01. The molecule has 34 heavy (non-hydrogen) atoms. The van der Waals surface area contributed by atoms with Crippen LogP contribution in [0.4, 0.5) is 11.5 Å². The van der Waals surface area contributed by atoms with E-state index in [1.165, 1.54) is 32.4 Å². The Balaban J connectivity index is 1.63. The Labute approximate surface area is 197 Å². The van der Waals surface area contributed by atoms with Gasteiger partial charge >= 0.3 is 5.69 Å². The Morgan fingerprint density at radius 1 is 1.21 bits per heavy atom. The summed E-state index contributed by atoms with van der Waals surface area (Å²) in [5.41, 5.74) is 0.773. The molecule has 1 aromatic carbocycles. The van der Waals surface area contributed by atoms with Crippen molar-refractivity contribution in [2.24, 2.45) is 0 Å². The van der Waals surface area contributed by atoms with Crippen molar-refractivity contribution >= 4 is 23.3 Å². The highest BCUT2D eigenvalue weighted by Crippen LogP contribution is 2.29. The van der Waals surface area contributed by atoms with Gasteiger partial charge in [0.05, 0.1) is 19.1 Å². The van der Waals surface area contributed by atoms with Crippen LogP contribution in [0.25, 0.3) is 0 Å². The Kier molecular flexibility index (Phi) is 8.23. The fraction of sp³-hybridized carbons (Fsp3) is 0.435. The molecule has 1 saturated heterocycles. The zero-order valence-corrected chi connectivity index (χ0v) is 19.4. The molecule has 0 spiro atoms. The van der Waals surface area contributed by atoms with E-state index in [0.717, 1.165) is 5.56 Å². The third-order valence-corrected chi connectivity index (χ3v) is 5.69. The van der Waals surface area contributed by atoms with Crippen LogP contribution in [-0.4, -0.2) is 61.1 Å². The number of rotatable bonds is 9. The van der Waals surface area contributed by atoms with Crippen LogP contribution in [-0.2, 0) is 16.0 Å². The summed E-state index contributed by atoms with van der Waals surface area (Å²) in [5, 5.41) is 17.0. The number of amides is 2. The first-order valence-electron chi connectivity index (χ1n) is 10.9. The molecule has 0 radical (unpaired) electrons. The number of carbonyl (C=O) groups is 2. The van der Waals surface area contributed by atoms with Crippen LogP contribution in [0.2, 0.25) is 0 Å². The molecule has 0 bridgehead atoms. The quantitative estimate of drug-likeness (QED) is 0.418. The fourth-order valence-electron chi connectivity index (χ4n) is 4.01. The first kappa shape index (κ1) is 24.7. The number of anilines is 1. The number of carbonyl (C=O) groups excluding carboxylic acids is 2. The van der Waals surface area contributed by atoms with E-state index in [2.05, 4.69) is 15.6 Å². The molecule has 0 saturated carbocycles. The molecule has 1 aliphatic rings. The lowest BCUT2D eigenvalue weighted by Crippen LogP contribution is -2.52. The molecule has 2 heterocycles. The van der Waals surface area contributed by atoms with Crippen molar-refractivity contribution in [3.8, 4) is 11.5 Å². The van der Waals surface area contributed by atoms with Gasteiger partial charge in [0.2, 0.25) is 17.6 Å². The molecule has 1 fully saturated rings. The predicted octanol–water partition coefficient (Wildman–Crippen LogP) is 1.84. The summed E-state index contributed by atoms with van der Waals surface area (Å²) in [4.78, 5) is 41.7. The molecule has 11 heteroatoms. The first-order chi connectivity index (χ1) is 16.3. The maximum absolute atomic E-state index is 13.0. The summed E-state index contributed by atoms with van der Waals surface area (Å²) in [6, 6.07) is 7.45. The van der Waals surface area contributed by atoms with Gasteiger partial charge in [0.25, 0.3) is 0 Å². The van der Waals surface area contributed by atoms with Gasteiger partial charge in [0, 0.05) is 44.7 Å². The van der Waals surface area contributed by atoms with Crippen LogP contribution in [0.15, 0.2) is 36.5 Å². The van der Waals surface area contributed by atoms with E-state index in [9.17, 15) is 19.7 Å². The second-order valence-corrected chi connectivity index (χ2v) is 8.02. The smallest absolute Gasteiger partial charge is 0.311 e. The van der Waals surface area contributed by atoms with E-state index in [1.807, 2.05) is 11.0 Å². The average molecular weight is 472 g/mol. The molecule has 2 aromatic rings. The van der Waals surface area contributed by atoms with Crippen molar-refractivity contribution in [2.75, 3.05) is 32.2 Å². The van der Waals surface area contributed by atoms with Gasteiger partial charge in [-0.1, -0.05) is 6.07 Å². The number of benzene rings is 1. The molecule has 2 N–H and O–H groups in total. The number of aromatic nitrogens is 1. The van der Waals surface area contributed by atoms with E-state index in [1.54, 1.807) is 19.2 Å². The SMILES string of the molecule is COc1ccc(C[C@H](NC(C)=O)C(=O)NC2CCN(c3ncccc3[N+](=O)[O-])CC2)cc1OC. The van der Waals surface area contributed by atoms with E-state index in [-0.39, 0.29) is 30.0 Å². The van der Waals surface area contributed by atoms with E-state index in [4.69, 9.17) is 9.47 Å².